The van der Waals surface area contributed by atoms with E-state index >= 15 is 0 Å². The van der Waals surface area contributed by atoms with Crippen LogP contribution in [0.15, 0.2) is 24.3 Å². The van der Waals surface area contributed by atoms with Crippen molar-refractivity contribution >= 4 is 5.97 Å². The number of carboxylic acid groups (broad SMARTS) is 1. The lowest BCUT2D eigenvalue weighted by molar-refractivity contribution is -0.138. The highest BCUT2D eigenvalue weighted by Crippen LogP contribution is 2.17. The lowest BCUT2D eigenvalue weighted by Crippen LogP contribution is -2.07. The van der Waals surface area contributed by atoms with E-state index in [9.17, 15) is 4.79 Å². The number of hydrogen-bond acceptors (Lipinski definition) is 1. The predicted octanol–water partition coefficient (Wildman–Crippen LogP) is 3.07. The van der Waals surface area contributed by atoms with Crippen LogP contribution in [0.25, 0.3) is 0 Å². The molecule has 0 bridgehead atoms. The van der Waals surface area contributed by atoms with Crippen molar-refractivity contribution in [3.63, 3.8) is 0 Å². The molecule has 1 aromatic rings. The highest BCUT2D eigenvalue weighted by atomic mass is 16.4. The maximum Gasteiger partial charge on any atom is 0.310 e. The summed E-state index contributed by atoms with van der Waals surface area (Å²) in [5, 5.41) is 9.16. The standard InChI is InChI=1S/C13H18O2/c1-9(2)8-11-4-6-12(7-5-11)10(3)13(14)15/h4-7,9-10H,8H2,1-3H3,(H,14,15)/i1D3,3D3,8D2,9D,10D. The van der Waals surface area contributed by atoms with Gasteiger partial charge in [0.1, 0.15) is 0 Å². The van der Waals surface area contributed by atoms with Crippen molar-refractivity contribution in [1.82, 2.24) is 0 Å². The van der Waals surface area contributed by atoms with E-state index in [1.807, 2.05) is 0 Å². The van der Waals surface area contributed by atoms with Crippen molar-refractivity contribution in [3.05, 3.63) is 35.4 Å². The molecule has 0 aliphatic heterocycles. The highest BCUT2D eigenvalue weighted by molar-refractivity contribution is 5.75. The first-order valence-electron chi connectivity index (χ1n) is 9.25. The molecule has 15 heavy (non-hydrogen) atoms. The van der Waals surface area contributed by atoms with Crippen molar-refractivity contribution < 1.29 is 23.6 Å². The van der Waals surface area contributed by atoms with Crippen LogP contribution in [0.4, 0.5) is 0 Å². The van der Waals surface area contributed by atoms with Gasteiger partial charge in [0.15, 0.2) is 0 Å². The fourth-order valence-corrected chi connectivity index (χ4v) is 1.06. The van der Waals surface area contributed by atoms with Crippen LogP contribution in [-0.2, 0) is 11.2 Å². The van der Waals surface area contributed by atoms with Crippen molar-refractivity contribution in [2.24, 2.45) is 5.89 Å². The van der Waals surface area contributed by atoms with Crippen LogP contribution < -0.4 is 0 Å². The Morgan fingerprint density at radius 2 is 2.20 bits per heavy atom. The molecule has 0 saturated carbocycles. The van der Waals surface area contributed by atoms with Gasteiger partial charge in [0, 0.05) is 13.7 Å². The van der Waals surface area contributed by atoms with E-state index in [1.165, 1.54) is 0 Å². The molecular formula is C13H18O2. The maximum absolute atomic E-state index is 11.3. The van der Waals surface area contributed by atoms with E-state index < -0.39 is 43.4 Å². The molecule has 0 spiro atoms. The van der Waals surface area contributed by atoms with Crippen LogP contribution in [0, 0.1) is 5.89 Å². The van der Waals surface area contributed by atoms with E-state index in [0.717, 1.165) is 31.2 Å². The topological polar surface area (TPSA) is 37.3 Å². The van der Waals surface area contributed by atoms with Gasteiger partial charge in [0.25, 0.3) is 0 Å². The first-order chi connectivity index (χ1) is 10.9. The molecule has 0 heterocycles. The number of carbonyl (C=O) groups is 1. The van der Waals surface area contributed by atoms with Gasteiger partial charge >= 0.3 is 5.97 Å². The van der Waals surface area contributed by atoms with Crippen LogP contribution in [0.5, 0.6) is 0 Å². The fraction of sp³-hybridized carbons (Fsp3) is 0.462. The molecule has 2 unspecified atom stereocenters. The summed E-state index contributed by atoms with van der Waals surface area (Å²) < 4.78 is 75.7. The average Bonchev–Trinajstić information content (AvgIpc) is 2.43. The minimum atomic E-state index is -3.18. The van der Waals surface area contributed by atoms with E-state index in [1.54, 1.807) is 0 Å². The Balaban J connectivity index is 3.43. The highest BCUT2D eigenvalue weighted by Gasteiger charge is 2.12. The summed E-state index contributed by atoms with van der Waals surface area (Å²) in [5.74, 6) is -7.35. The molecule has 1 N–H and O–H groups in total. The predicted molar refractivity (Wildman–Crippen MR) is 61.0 cm³/mol. The summed E-state index contributed by atoms with van der Waals surface area (Å²) in [6.07, 6.45) is -2.63. The van der Waals surface area contributed by atoms with Crippen molar-refractivity contribution in [1.29, 1.82) is 0 Å². The quantitative estimate of drug-likeness (QED) is 0.839. The van der Waals surface area contributed by atoms with Crippen LogP contribution >= 0.6 is 0 Å². The molecule has 0 aliphatic carbocycles. The molecule has 82 valence electrons. The zero-order valence-electron chi connectivity index (χ0n) is 18.2. The van der Waals surface area contributed by atoms with Gasteiger partial charge in [-0.15, -0.1) is 0 Å². The lowest BCUT2D eigenvalue weighted by atomic mass is 9.97. The van der Waals surface area contributed by atoms with Crippen LogP contribution in [-0.4, -0.2) is 11.1 Å². The van der Waals surface area contributed by atoms with Crippen molar-refractivity contribution in [2.45, 2.75) is 32.9 Å². The second-order valence-electron chi connectivity index (χ2n) is 3.01. The monoisotopic (exact) mass is 216 g/mol. The third kappa shape index (κ3) is 3.39. The largest absolute Gasteiger partial charge is 0.481 e. The molecule has 0 saturated heterocycles. The molecule has 2 atom stereocenters. The number of rotatable bonds is 4. The summed E-state index contributed by atoms with van der Waals surface area (Å²) in [7, 11) is 0. The molecular weight excluding hydrogens is 188 g/mol. The second-order valence-corrected chi connectivity index (χ2v) is 3.01. The number of aliphatic carboxylic acids is 1. The molecule has 2 nitrogen and oxygen atoms in total. The molecule has 0 aromatic heterocycles. The molecule has 2 heteroatoms. The summed E-state index contributed by atoms with van der Waals surface area (Å²) in [4.78, 5) is 11.3. The van der Waals surface area contributed by atoms with Crippen molar-refractivity contribution in [3.8, 4) is 0 Å². The van der Waals surface area contributed by atoms with Gasteiger partial charge in [-0.1, -0.05) is 38.0 Å². The Morgan fingerprint density at radius 3 is 2.67 bits per heavy atom. The summed E-state index contributed by atoms with van der Waals surface area (Å²) in [5.41, 5.74) is -0.636. The minimum Gasteiger partial charge on any atom is -0.481 e. The van der Waals surface area contributed by atoms with Gasteiger partial charge < -0.3 is 5.11 Å². The zero-order valence-corrected chi connectivity index (χ0v) is 8.16. The third-order valence-electron chi connectivity index (χ3n) is 1.72. The molecule has 1 rings (SSSR count). The van der Waals surface area contributed by atoms with Crippen LogP contribution in [0.3, 0.4) is 0 Å². The molecule has 0 amide bonds. The van der Waals surface area contributed by atoms with Gasteiger partial charge in [-0.3, -0.25) is 4.79 Å². The Hall–Kier alpha value is -1.31. The molecule has 0 fully saturated rings. The van der Waals surface area contributed by atoms with Crippen LogP contribution in [0.1, 0.15) is 51.4 Å². The van der Waals surface area contributed by atoms with Gasteiger partial charge in [-0.05, 0) is 30.2 Å². The third-order valence-corrected chi connectivity index (χ3v) is 1.72. The Kier molecular flexibility index (Phi) is 1.30. The number of carboxylic acids is 1. The smallest absolute Gasteiger partial charge is 0.310 e. The summed E-state index contributed by atoms with van der Waals surface area (Å²) in [6.45, 7) is -5.20. The number of benzene rings is 1. The number of hydrogen-bond donors (Lipinski definition) is 1. The van der Waals surface area contributed by atoms with Crippen LogP contribution in [0.2, 0.25) is 0 Å². The zero-order chi connectivity index (χ0) is 20.1. The van der Waals surface area contributed by atoms with Gasteiger partial charge in [-0.2, -0.15) is 0 Å². The minimum absolute atomic E-state index is 0.233. The first-order valence-corrected chi connectivity index (χ1v) is 4.25. The second kappa shape index (κ2) is 4.96. The first kappa shape index (κ1) is 3.93. The van der Waals surface area contributed by atoms with Gasteiger partial charge in [-0.25, -0.2) is 0 Å². The maximum atomic E-state index is 11.3. The van der Waals surface area contributed by atoms with Gasteiger partial charge in [0.05, 0.1) is 5.89 Å². The SMILES string of the molecule is [2H]C([2H])([2H])C([2H])(C(=O)O)c1ccc(C([2H])([2H])C([2H])(C)C([2H])([2H])[2H])cc1. The fourth-order valence-electron chi connectivity index (χ4n) is 1.06. The molecule has 0 aliphatic rings. The van der Waals surface area contributed by atoms with E-state index in [-0.39, 0.29) is 5.56 Å². The van der Waals surface area contributed by atoms with E-state index in [0.29, 0.717) is 0 Å². The van der Waals surface area contributed by atoms with E-state index in [4.69, 9.17) is 18.8 Å². The van der Waals surface area contributed by atoms with E-state index in [2.05, 4.69) is 0 Å². The normalized spacial score (nSPS) is 31.3. The summed E-state index contributed by atoms with van der Waals surface area (Å²) in [6, 6.07) is 3.92. The Labute approximate surface area is 105 Å². The van der Waals surface area contributed by atoms with Gasteiger partial charge in [0.2, 0.25) is 0 Å². The summed E-state index contributed by atoms with van der Waals surface area (Å²) >= 11 is 0. The van der Waals surface area contributed by atoms with Crippen molar-refractivity contribution in [2.75, 3.05) is 0 Å². The molecule has 1 aromatic carbocycles. The molecule has 0 radical (unpaired) electrons. The lowest BCUT2D eigenvalue weighted by Gasteiger charge is -2.09. The Bertz CT molecular complexity index is 644. The Morgan fingerprint density at radius 1 is 1.53 bits per heavy atom. The average molecular weight is 216 g/mol.